The van der Waals surface area contributed by atoms with Gasteiger partial charge in [0.05, 0.1) is 6.61 Å². The topological polar surface area (TPSA) is 30.5 Å². The highest BCUT2D eigenvalue weighted by Gasteiger charge is 2.42. The largest absolute Gasteiger partial charge is 0.484 e. The van der Waals surface area contributed by atoms with Gasteiger partial charge in [-0.3, -0.25) is 0 Å². The zero-order valence-corrected chi connectivity index (χ0v) is 12.0. The maximum absolute atomic E-state index is 13.5. The molecule has 0 aliphatic carbocycles. The molecule has 1 spiro atoms. The number of nitrogens with one attached hydrogen (secondary N) is 1. The Kier molecular flexibility index (Phi) is 3.94. The first-order chi connectivity index (χ1) is 9.72. The quantitative estimate of drug-likeness (QED) is 0.921. The molecule has 0 radical (unpaired) electrons. The maximum atomic E-state index is 13.5. The lowest BCUT2D eigenvalue weighted by molar-refractivity contribution is -0.0856. The van der Waals surface area contributed by atoms with Crippen molar-refractivity contribution >= 4 is 0 Å². The van der Waals surface area contributed by atoms with Crippen molar-refractivity contribution in [3.63, 3.8) is 0 Å². The molecule has 20 heavy (non-hydrogen) atoms. The average molecular weight is 279 g/mol. The number of ether oxygens (including phenoxy) is 2. The lowest BCUT2D eigenvalue weighted by atomic mass is 9.83. The van der Waals surface area contributed by atoms with Gasteiger partial charge in [0.2, 0.25) is 0 Å². The van der Waals surface area contributed by atoms with Crippen molar-refractivity contribution in [3.8, 4) is 5.75 Å². The van der Waals surface area contributed by atoms with Crippen LogP contribution in [0.25, 0.3) is 0 Å². The highest BCUT2D eigenvalue weighted by atomic mass is 19.1. The second kappa shape index (κ2) is 5.70. The summed E-state index contributed by atoms with van der Waals surface area (Å²) in [6, 6.07) is 4.97. The number of benzene rings is 1. The fraction of sp³-hybridized carbons (Fsp3) is 0.625. The van der Waals surface area contributed by atoms with Gasteiger partial charge in [0.15, 0.2) is 0 Å². The highest BCUT2D eigenvalue weighted by Crippen LogP contribution is 2.43. The molecule has 0 aromatic heterocycles. The van der Waals surface area contributed by atoms with Crippen molar-refractivity contribution in [1.82, 2.24) is 5.32 Å². The Morgan fingerprint density at radius 1 is 1.45 bits per heavy atom. The maximum Gasteiger partial charge on any atom is 0.134 e. The molecule has 2 heterocycles. The predicted octanol–water partition coefficient (Wildman–Crippen LogP) is 3.20. The lowest BCUT2D eigenvalue weighted by Gasteiger charge is -2.44. The van der Waals surface area contributed by atoms with Gasteiger partial charge in [-0.05, 0) is 44.0 Å². The van der Waals surface area contributed by atoms with E-state index in [1.807, 2.05) is 0 Å². The number of fused-ring (bicyclic) bond motifs is 1. The molecular formula is C16H22FNO2. The van der Waals surface area contributed by atoms with Gasteiger partial charge in [-0.15, -0.1) is 0 Å². The zero-order chi connectivity index (χ0) is 14.0. The van der Waals surface area contributed by atoms with Crippen LogP contribution < -0.4 is 10.1 Å². The van der Waals surface area contributed by atoms with Crippen LogP contribution in [0.1, 0.15) is 44.2 Å². The van der Waals surface area contributed by atoms with Crippen LogP contribution in [0, 0.1) is 5.82 Å². The molecule has 3 rings (SSSR count). The first kappa shape index (κ1) is 13.8. The monoisotopic (exact) mass is 279 g/mol. The van der Waals surface area contributed by atoms with Crippen LogP contribution >= 0.6 is 0 Å². The third kappa shape index (κ3) is 2.67. The van der Waals surface area contributed by atoms with Crippen molar-refractivity contribution in [3.05, 3.63) is 29.6 Å². The summed E-state index contributed by atoms with van der Waals surface area (Å²) in [5.74, 6) is 0.600. The number of halogens is 1. The van der Waals surface area contributed by atoms with Gasteiger partial charge in [0, 0.05) is 24.6 Å². The van der Waals surface area contributed by atoms with Crippen LogP contribution in [0.3, 0.4) is 0 Å². The van der Waals surface area contributed by atoms with Gasteiger partial charge >= 0.3 is 0 Å². The Labute approximate surface area is 119 Å². The summed E-state index contributed by atoms with van der Waals surface area (Å²) in [5.41, 5.74) is 0.698. The molecule has 1 fully saturated rings. The Bertz CT molecular complexity index is 472. The molecular weight excluding hydrogens is 257 g/mol. The van der Waals surface area contributed by atoms with Gasteiger partial charge in [0.1, 0.15) is 17.2 Å². The summed E-state index contributed by atoms with van der Waals surface area (Å²) in [6.07, 6.45) is 3.94. The molecule has 3 nitrogen and oxygen atoms in total. The molecule has 0 amide bonds. The average Bonchev–Trinajstić information content (AvgIpc) is 2.46. The van der Waals surface area contributed by atoms with Crippen LogP contribution in [0.2, 0.25) is 0 Å². The highest BCUT2D eigenvalue weighted by molar-refractivity contribution is 5.39. The third-order valence-corrected chi connectivity index (χ3v) is 4.18. The molecule has 2 atom stereocenters. The number of rotatable bonds is 3. The first-order valence-electron chi connectivity index (χ1n) is 7.52. The van der Waals surface area contributed by atoms with Crippen LogP contribution in [0.4, 0.5) is 4.39 Å². The van der Waals surface area contributed by atoms with Crippen LogP contribution in [-0.4, -0.2) is 25.4 Å². The molecule has 4 heteroatoms. The lowest BCUT2D eigenvalue weighted by Crippen LogP contribution is -2.49. The van der Waals surface area contributed by atoms with Crippen LogP contribution in [0.5, 0.6) is 5.75 Å². The van der Waals surface area contributed by atoms with E-state index in [1.54, 1.807) is 12.1 Å². The van der Waals surface area contributed by atoms with E-state index in [4.69, 9.17) is 9.47 Å². The summed E-state index contributed by atoms with van der Waals surface area (Å²) < 4.78 is 25.3. The molecule has 1 N–H and O–H groups in total. The van der Waals surface area contributed by atoms with E-state index in [9.17, 15) is 4.39 Å². The normalized spacial score (nSPS) is 29.0. The molecule has 0 bridgehead atoms. The van der Waals surface area contributed by atoms with Gasteiger partial charge in [-0.25, -0.2) is 4.39 Å². The van der Waals surface area contributed by atoms with Crippen molar-refractivity contribution in [2.24, 2.45) is 0 Å². The van der Waals surface area contributed by atoms with E-state index < -0.39 is 0 Å². The molecule has 1 saturated heterocycles. The first-order valence-corrected chi connectivity index (χ1v) is 7.52. The van der Waals surface area contributed by atoms with E-state index in [-0.39, 0.29) is 17.5 Å². The fourth-order valence-electron chi connectivity index (χ4n) is 3.21. The van der Waals surface area contributed by atoms with Crippen molar-refractivity contribution in [2.75, 3.05) is 19.8 Å². The summed E-state index contributed by atoms with van der Waals surface area (Å²) in [4.78, 5) is 0. The zero-order valence-electron chi connectivity index (χ0n) is 12.0. The molecule has 110 valence electrons. The molecule has 2 unspecified atom stereocenters. The van der Waals surface area contributed by atoms with Crippen molar-refractivity contribution in [2.45, 2.75) is 44.2 Å². The Hall–Kier alpha value is -1.13. The minimum atomic E-state index is -0.242. The third-order valence-electron chi connectivity index (χ3n) is 4.18. The standard InChI is InChI=1S/C16H22FNO2/c1-2-7-18-14-10-16(6-3-8-19-11-16)20-15-5-4-12(17)9-13(14)15/h4-5,9,14,18H,2-3,6-8,10-11H2,1H3. The molecule has 0 saturated carbocycles. The van der Waals surface area contributed by atoms with Gasteiger partial charge in [-0.2, -0.15) is 0 Å². The van der Waals surface area contributed by atoms with E-state index >= 15 is 0 Å². The van der Waals surface area contributed by atoms with Gasteiger partial charge in [0.25, 0.3) is 0 Å². The summed E-state index contributed by atoms with van der Waals surface area (Å²) >= 11 is 0. The second-order valence-electron chi connectivity index (χ2n) is 5.83. The van der Waals surface area contributed by atoms with Crippen molar-refractivity contribution in [1.29, 1.82) is 0 Å². The van der Waals surface area contributed by atoms with Crippen LogP contribution in [0.15, 0.2) is 18.2 Å². The fourth-order valence-corrected chi connectivity index (χ4v) is 3.21. The summed E-state index contributed by atoms with van der Waals surface area (Å²) in [5, 5.41) is 3.52. The number of hydrogen-bond acceptors (Lipinski definition) is 3. The smallest absolute Gasteiger partial charge is 0.134 e. The van der Waals surface area contributed by atoms with E-state index in [0.717, 1.165) is 50.1 Å². The van der Waals surface area contributed by atoms with Gasteiger partial charge < -0.3 is 14.8 Å². The van der Waals surface area contributed by atoms with E-state index in [2.05, 4.69) is 12.2 Å². The number of hydrogen-bond donors (Lipinski definition) is 1. The summed E-state index contributed by atoms with van der Waals surface area (Å²) in [6.45, 7) is 4.51. The second-order valence-corrected chi connectivity index (χ2v) is 5.83. The molecule has 1 aromatic rings. The predicted molar refractivity (Wildman–Crippen MR) is 75.5 cm³/mol. The van der Waals surface area contributed by atoms with Gasteiger partial charge in [-0.1, -0.05) is 6.92 Å². The Morgan fingerprint density at radius 2 is 2.35 bits per heavy atom. The van der Waals surface area contributed by atoms with E-state index in [0.29, 0.717) is 6.61 Å². The minimum absolute atomic E-state index is 0.149. The minimum Gasteiger partial charge on any atom is -0.484 e. The molecule has 1 aromatic carbocycles. The van der Waals surface area contributed by atoms with Crippen LogP contribution in [-0.2, 0) is 4.74 Å². The molecule has 2 aliphatic rings. The van der Waals surface area contributed by atoms with E-state index in [1.165, 1.54) is 6.07 Å². The Morgan fingerprint density at radius 3 is 3.10 bits per heavy atom. The Balaban J connectivity index is 1.90. The SMILES string of the molecule is CCCNC1CC2(CCCOC2)Oc2ccc(F)cc21. The van der Waals surface area contributed by atoms with Crippen molar-refractivity contribution < 1.29 is 13.9 Å². The molecule has 2 aliphatic heterocycles. The summed E-state index contributed by atoms with van der Waals surface area (Å²) in [7, 11) is 0.